The number of benzene rings is 2. The standard InChI is InChI=1S/C26H27N3O4S/c1-28-26(33-21-13-11-20(32-3)12-14-21)22(24(27-28)19-8-5-4-6-9-19)18-29(15-16-31-2)25(30)23-10-7-17-34-23/h4-14,17H,15-16,18H2,1-3H3. The number of aromatic nitrogens is 2. The maximum absolute atomic E-state index is 13.3. The molecule has 0 aliphatic heterocycles. The van der Waals surface area contributed by atoms with Crippen LogP contribution in [0.25, 0.3) is 11.3 Å². The molecule has 8 heteroatoms. The summed E-state index contributed by atoms with van der Waals surface area (Å²) in [7, 11) is 5.10. The molecule has 0 atom stereocenters. The van der Waals surface area contributed by atoms with Crippen LogP contribution >= 0.6 is 11.3 Å². The second kappa shape index (κ2) is 11.0. The van der Waals surface area contributed by atoms with Crippen molar-refractivity contribution in [2.75, 3.05) is 27.4 Å². The van der Waals surface area contributed by atoms with E-state index in [9.17, 15) is 4.79 Å². The second-order valence-corrected chi connectivity index (χ2v) is 8.54. The van der Waals surface area contributed by atoms with Gasteiger partial charge in [0.05, 0.1) is 30.7 Å². The molecule has 1 amide bonds. The lowest BCUT2D eigenvalue weighted by molar-refractivity contribution is 0.0684. The van der Waals surface area contributed by atoms with Gasteiger partial charge in [0, 0.05) is 26.3 Å². The van der Waals surface area contributed by atoms with Crippen LogP contribution < -0.4 is 9.47 Å². The molecule has 176 valence electrons. The topological polar surface area (TPSA) is 65.8 Å². The Bertz CT molecular complexity index is 1210. The van der Waals surface area contributed by atoms with Crippen LogP contribution in [0.15, 0.2) is 72.1 Å². The van der Waals surface area contributed by atoms with Crippen molar-refractivity contribution in [3.8, 4) is 28.6 Å². The van der Waals surface area contributed by atoms with Gasteiger partial charge in [-0.25, -0.2) is 4.68 Å². The van der Waals surface area contributed by atoms with E-state index in [0.717, 1.165) is 22.6 Å². The van der Waals surface area contributed by atoms with E-state index in [1.165, 1.54) is 11.3 Å². The summed E-state index contributed by atoms with van der Waals surface area (Å²) in [6, 6.07) is 21.0. The lowest BCUT2D eigenvalue weighted by Gasteiger charge is -2.22. The molecular weight excluding hydrogens is 450 g/mol. The molecule has 4 aromatic rings. The van der Waals surface area contributed by atoms with Gasteiger partial charge >= 0.3 is 0 Å². The molecule has 0 unspecified atom stereocenters. The van der Waals surface area contributed by atoms with Crippen LogP contribution in [-0.2, 0) is 18.3 Å². The van der Waals surface area contributed by atoms with E-state index in [1.807, 2.05) is 79.2 Å². The van der Waals surface area contributed by atoms with Crippen molar-refractivity contribution >= 4 is 17.2 Å². The number of ether oxygens (including phenoxy) is 3. The summed E-state index contributed by atoms with van der Waals surface area (Å²) in [4.78, 5) is 15.8. The highest BCUT2D eigenvalue weighted by molar-refractivity contribution is 7.12. The Morgan fingerprint density at radius 3 is 2.38 bits per heavy atom. The number of hydrogen-bond donors (Lipinski definition) is 0. The van der Waals surface area contributed by atoms with Crippen molar-refractivity contribution < 1.29 is 19.0 Å². The molecule has 0 radical (unpaired) electrons. The Morgan fingerprint density at radius 1 is 1.00 bits per heavy atom. The van der Waals surface area contributed by atoms with E-state index in [0.29, 0.717) is 36.2 Å². The summed E-state index contributed by atoms with van der Waals surface area (Å²) >= 11 is 1.42. The van der Waals surface area contributed by atoms with E-state index in [4.69, 9.17) is 19.3 Å². The van der Waals surface area contributed by atoms with Gasteiger partial charge in [-0.05, 0) is 35.7 Å². The molecule has 0 saturated carbocycles. The zero-order chi connectivity index (χ0) is 23.9. The van der Waals surface area contributed by atoms with E-state index in [2.05, 4.69) is 0 Å². The Labute approximate surface area is 203 Å². The van der Waals surface area contributed by atoms with Crippen molar-refractivity contribution in [2.45, 2.75) is 6.54 Å². The molecule has 0 aliphatic carbocycles. The molecular formula is C26H27N3O4S. The number of nitrogens with zero attached hydrogens (tertiary/aromatic N) is 3. The van der Waals surface area contributed by atoms with E-state index >= 15 is 0 Å². The molecule has 34 heavy (non-hydrogen) atoms. The molecule has 2 aromatic carbocycles. The number of amides is 1. The van der Waals surface area contributed by atoms with Crippen LogP contribution in [0.1, 0.15) is 15.2 Å². The van der Waals surface area contributed by atoms with Crippen molar-refractivity contribution in [3.63, 3.8) is 0 Å². The highest BCUT2D eigenvalue weighted by Crippen LogP contribution is 2.35. The largest absolute Gasteiger partial charge is 0.497 e. The zero-order valence-electron chi connectivity index (χ0n) is 19.4. The minimum Gasteiger partial charge on any atom is -0.497 e. The second-order valence-electron chi connectivity index (χ2n) is 7.60. The average molecular weight is 478 g/mol. The van der Waals surface area contributed by atoms with Gasteiger partial charge in [0.15, 0.2) is 0 Å². The third kappa shape index (κ3) is 5.30. The van der Waals surface area contributed by atoms with Crippen molar-refractivity contribution in [1.29, 1.82) is 0 Å². The molecule has 4 rings (SSSR count). The first-order valence-electron chi connectivity index (χ1n) is 10.9. The first-order valence-corrected chi connectivity index (χ1v) is 11.7. The minimum atomic E-state index is -0.0506. The summed E-state index contributed by atoms with van der Waals surface area (Å²) in [5.41, 5.74) is 2.55. The van der Waals surface area contributed by atoms with Gasteiger partial charge < -0.3 is 19.1 Å². The van der Waals surface area contributed by atoms with Gasteiger partial charge in [0.2, 0.25) is 5.88 Å². The number of thiophene rings is 1. The van der Waals surface area contributed by atoms with Crippen LogP contribution in [-0.4, -0.2) is 48.0 Å². The lowest BCUT2D eigenvalue weighted by Crippen LogP contribution is -2.33. The van der Waals surface area contributed by atoms with Crippen molar-refractivity contribution in [1.82, 2.24) is 14.7 Å². The summed E-state index contributed by atoms with van der Waals surface area (Å²) in [5.74, 6) is 1.92. The highest BCUT2D eigenvalue weighted by atomic mass is 32.1. The number of aryl methyl sites for hydroxylation is 1. The van der Waals surface area contributed by atoms with E-state index < -0.39 is 0 Å². The average Bonchev–Trinajstić information content (AvgIpc) is 3.51. The maximum Gasteiger partial charge on any atom is 0.264 e. The van der Waals surface area contributed by atoms with Gasteiger partial charge in [0.25, 0.3) is 5.91 Å². The van der Waals surface area contributed by atoms with Crippen LogP contribution in [0.3, 0.4) is 0 Å². The number of methoxy groups -OCH3 is 2. The SMILES string of the molecule is COCCN(Cc1c(-c2ccccc2)nn(C)c1Oc1ccc(OC)cc1)C(=O)c1cccs1. The van der Waals surface area contributed by atoms with E-state index in [1.54, 1.807) is 23.8 Å². The third-order valence-corrected chi connectivity index (χ3v) is 6.20. The number of rotatable bonds is 10. The van der Waals surface area contributed by atoms with Gasteiger partial charge in [-0.2, -0.15) is 5.10 Å². The molecule has 0 aliphatic rings. The Kier molecular flexibility index (Phi) is 7.61. The summed E-state index contributed by atoms with van der Waals surface area (Å²) < 4.78 is 18.6. The Morgan fingerprint density at radius 2 is 1.74 bits per heavy atom. The fraction of sp³-hybridized carbons (Fsp3) is 0.231. The zero-order valence-corrected chi connectivity index (χ0v) is 20.2. The summed E-state index contributed by atoms with van der Waals surface area (Å²) in [6.45, 7) is 1.19. The molecule has 7 nitrogen and oxygen atoms in total. The van der Waals surface area contributed by atoms with Crippen molar-refractivity contribution in [3.05, 3.63) is 82.6 Å². The predicted molar refractivity (Wildman–Crippen MR) is 133 cm³/mol. The fourth-order valence-electron chi connectivity index (χ4n) is 3.61. The monoisotopic (exact) mass is 477 g/mol. The van der Waals surface area contributed by atoms with Crippen LogP contribution in [0.4, 0.5) is 0 Å². The number of carbonyl (C=O) groups excluding carboxylic acids is 1. The number of carbonyl (C=O) groups is 1. The number of hydrogen-bond acceptors (Lipinski definition) is 6. The Balaban J connectivity index is 1.74. The lowest BCUT2D eigenvalue weighted by atomic mass is 10.1. The summed E-state index contributed by atoms with van der Waals surface area (Å²) in [5, 5.41) is 6.67. The van der Waals surface area contributed by atoms with Gasteiger partial charge in [-0.15, -0.1) is 11.3 Å². The van der Waals surface area contributed by atoms with Crippen molar-refractivity contribution in [2.24, 2.45) is 7.05 Å². The maximum atomic E-state index is 13.3. The fourth-order valence-corrected chi connectivity index (χ4v) is 4.30. The van der Waals surface area contributed by atoms with Crippen LogP contribution in [0.5, 0.6) is 17.4 Å². The smallest absolute Gasteiger partial charge is 0.264 e. The molecule has 2 heterocycles. The highest BCUT2D eigenvalue weighted by Gasteiger charge is 2.25. The molecule has 0 N–H and O–H groups in total. The van der Waals surface area contributed by atoms with E-state index in [-0.39, 0.29) is 5.91 Å². The van der Waals surface area contributed by atoms with Crippen LogP contribution in [0, 0.1) is 0 Å². The Hall–Kier alpha value is -3.62. The molecule has 0 saturated heterocycles. The normalized spacial score (nSPS) is 10.8. The molecule has 0 fully saturated rings. The molecule has 0 spiro atoms. The van der Waals surface area contributed by atoms with Crippen LogP contribution in [0.2, 0.25) is 0 Å². The third-order valence-electron chi connectivity index (χ3n) is 5.34. The molecule has 0 bridgehead atoms. The van der Waals surface area contributed by atoms with Gasteiger partial charge in [0.1, 0.15) is 17.2 Å². The molecule has 2 aromatic heterocycles. The summed E-state index contributed by atoms with van der Waals surface area (Å²) in [6.07, 6.45) is 0. The first-order chi connectivity index (χ1) is 16.6. The van der Waals surface area contributed by atoms with Gasteiger partial charge in [-0.3, -0.25) is 4.79 Å². The first kappa shape index (κ1) is 23.5. The quantitative estimate of drug-likeness (QED) is 0.313. The minimum absolute atomic E-state index is 0.0506. The predicted octanol–water partition coefficient (Wildman–Crippen LogP) is 5.24. The van der Waals surface area contributed by atoms with Gasteiger partial charge in [-0.1, -0.05) is 36.4 Å².